The van der Waals surface area contributed by atoms with Crippen molar-refractivity contribution in [3.63, 3.8) is 0 Å². The summed E-state index contributed by atoms with van der Waals surface area (Å²) in [6, 6.07) is 3.31. The molecule has 2 rings (SSSR count). The smallest absolute Gasteiger partial charge is 0.320 e. The fraction of sp³-hybridized carbons (Fsp3) is 0.200. The molecule has 0 bridgehead atoms. The molecule has 2 N–H and O–H groups in total. The van der Waals surface area contributed by atoms with E-state index in [0.717, 1.165) is 6.07 Å². The maximum atomic E-state index is 13.0. The molecule has 0 spiro atoms. The first-order chi connectivity index (χ1) is 7.43. The third-order valence-corrected chi connectivity index (χ3v) is 2.83. The highest BCUT2D eigenvalue weighted by Crippen LogP contribution is 2.27. The van der Waals surface area contributed by atoms with Gasteiger partial charge in [0.25, 0.3) is 5.91 Å². The minimum atomic E-state index is -1.20. The number of imide groups is 1. The Balaban J connectivity index is 2.47. The number of hydrogen-bond acceptors (Lipinski definition) is 2. The zero-order valence-corrected chi connectivity index (χ0v) is 9.06. The van der Waals surface area contributed by atoms with Gasteiger partial charge in [-0.3, -0.25) is 10.1 Å². The minimum absolute atomic E-state index is 0.0901. The van der Waals surface area contributed by atoms with E-state index in [-0.39, 0.29) is 5.02 Å². The predicted molar refractivity (Wildman–Crippen MR) is 55.4 cm³/mol. The van der Waals surface area contributed by atoms with E-state index in [0.29, 0.717) is 5.56 Å². The molecule has 4 nitrogen and oxygen atoms in total. The highest BCUT2D eigenvalue weighted by Gasteiger charge is 2.43. The molecule has 1 aliphatic rings. The van der Waals surface area contributed by atoms with Gasteiger partial charge < -0.3 is 5.32 Å². The molecule has 0 unspecified atom stereocenters. The van der Waals surface area contributed by atoms with E-state index in [2.05, 4.69) is 10.6 Å². The van der Waals surface area contributed by atoms with E-state index >= 15 is 0 Å². The maximum Gasteiger partial charge on any atom is 0.322 e. The summed E-state index contributed by atoms with van der Waals surface area (Å²) in [6.45, 7) is 1.52. The third kappa shape index (κ3) is 1.53. The molecular formula is C10H8ClFN2O2. The predicted octanol–water partition coefficient (Wildman–Crippen LogP) is 1.53. The standard InChI is InChI=1S/C10H8ClFN2O2/c1-10(8(15)13-9(16)14-10)5-2-3-7(12)6(11)4-5/h2-4H,1H3,(H2,13,14,15,16)/t10-/m0/s1. The highest BCUT2D eigenvalue weighted by molar-refractivity contribution is 6.30. The van der Waals surface area contributed by atoms with Crippen LogP contribution in [-0.4, -0.2) is 11.9 Å². The van der Waals surface area contributed by atoms with Crippen LogP contribution in [0.3, 0.4) is 0 Å². The fourth-order valence-electron chi connectivity index (χ4n) is 1.55. The molecule has 6 heteroatoms. The van der Waals surface area contributed by atoms with E-state index in [9.17, 15) is 14.0 Å². The Morgan fingerprint density at radius 3 is 2.56 bits per heavy atom. The molecule has 0 aliphatic carbocycles. The van der Waals surface area contributed by atoms with E-state index in [4.69, 9.17) is 11.6 Å². The normalized spacial score (nSPS) is 24.2. The SMILES string of the molecule is C[C@@]1(c2ccc(F)c(Cl)c2)NC(=O)NC1=O. The van der Waals surface area contributed by atoms with Gasteiger partial charge in [0.15, 0.2) is 0 Å². The number of carbonyl (C=O) groups is 2. The molecule has 1 aromatic carbocycles. The van der Waals surface area contributed by atoms with Crippen LogP contribution < -0.4 is 10.6 Å². The lowest BCUT2D eigenvalue weighted by molar-refractivity contribution is -0.123. The van der Waals surface area contributed by atoms with Gasteiger partial charge in [0.2, 0.25) is 0 Å². The molecule has 1 aromatic rings. The van der Waals surface area contributed by atoms with Gasteiger partial charge in [-0.2, -0.15) is 0 Å². The molecule has 1 aliphatic heterocycles. The van der Waals surface area contributed by atoms with Gasteiger partial charge in [0.05, 0.1) is 5.02 Å². The third-order valence-electron chi connectivity index (χ3n) is 2.54. The first-order valence-electron chi connectivity index (χ1n) is 4.52. The van der Waals surface area contributed by atoms with E-state index in [1.54, 1.807) is 0 Å². The van der Waals surface area contributed by atoms with Crippen molar-refractivity contribution in [2.24, 2.45) is 0 Å². The number of carbonyl (C=O) groups excluding carboxylic acids is 2. The number of urea groups is 1. The Bertz CT molecular complexity index is 492. The second kappa shape index (κ2) is 3.45. The van der Waals surface area contributed by atoms with Crippen LogP contribution in [0.15, 0.2) is 18.2 Å². The summed E-state index contributed by atoms with van der Waals surface area (Å²) >= 11 is 5.62. The monoisotopic (exact) mass is 242 g/mol. The second-order valence-corrected chi connectivity index (χ2v) is 4.07. The van der Waals surface area contributed by atoms with Gasteiger partial charge in [-0.05, 0) is 24.6 Å². The van der Waals surface area contributed by atoms with Crippen LogP contribution in [0.5, 0.6) is 0 Å². The lowest BCUT2D eigenvalue weighted by atomic mass is 9.92. The van der Waals surface area contributed by atoms with Crippen molar-refractivity contribution in [3.8, 4) is 0 Å². The van der Waals surface area contributed by atoms with E-state index < -0.39 is 23.3 Å². The summed E-state index contributed by atoms with van der Waals surface area (Å²) in [7, 11) is 0. The summed E-state index contributed by atoms with van der Waals surface area (Å²) in [5.41, 5.74) is -0.767. The van der Waals surface area contributed by atoms with Gasteiger partial charge in [0.1, 0.15) is 11.4 Å². The molecule has 16 heavy (non-hydrogen) atoms. The Labute approximate surface area is 95.8 Å². The van der Waals surface area contributed by atoms with Crippen LogP contribution in [0.25, 0.3) is 0 Å². The Hall–Kier alpha value is -1.62. The number of hydrogen-bond donors (Lipinski definition) is 2. The zero-order chi connectivity index (χ0) is 11.9. The summed E-state index contributed by atoms with van der Waals surface area (Å²) in [5, 5.41) is 4.49. The van der Waals surface area contributed by atoms with Crippen LogP contribution in [0, 0.1) is 5.82 Å². The average Bonchev–Trinajstić information content (AvgIpc) is 2.46. The summed E-state index contributed by atoms with van der Waals surface area (Å²) in [4.78, 5) is 22.6. The summed E-state index contributed by atoms with van der Waals surface area (Å²) in [6.07, 6.45) is 0. The number of rotatable bonds is 1. The van der Waals surface area contributed by atoms with Crippen molar-refractivity contribution in [2.75, 3.05) is 0 Å². The molecule has 0 aromatic heterocycles. The lowest BCUT2D eigenvalue weighted by Gasteiger charge is -2.21. The van der Waals surface area contributed by atoms with E-state index in [1.165, 1.54) is 19.1 Å². The van der Waals surface area contributed by atoms with Gasteiger partial charge in [0, 0.05) is 0 Å². The van der Waals surface area contributed by atoms with Gasteiger partial charge in [-0.25, -0.2) is 9.18 Å². The molecule has 3 amide bonds. The Morgan fingerprint density at radius 1 is 1.38 bits per heavy atom. The molecule has 1 saturated heterocycles. The molecule has 0 radical (unpaired) electrons. The highest BCUT2D eigenvalue weighted by atomic mass is 35.5. The molecule has 1 heterocycles. The number of nitrogens with one attached hydrogen (secondary N) is 2. The molecule has 1 fully saturated rings. The first-order valence-corrected chi connectivity index (χ1v) is 4.90. The number of halogens is 2. The molecule has 84 valence electrons. The van der Waals surface area contributed by atoms with E-state index in [1.807, 2.05) is 0 Å². The van der Waals surface area contributed by atoms with Crippen LogP contribution in [0.2, 0.25) is 5.02 Å². The van der Waals surface area contributed by atoms with Crippen molar-refractivity contribution in [1.82, 2.24) is 10.6 Å². The van der Waals surface area contributed by atoms with Crippen LogP contribution in [0.1, 0.15) is 12.5 Å². The number of amides is 3. The molecular weight excluding hydrogens is 235 g/mol. The van der Waals surface area contributed by atoms with Gasteiger partial charge >= 0.3 is 6.03 Å². The fourth-order valence-corrected chi connectivity index (χ4v) is 1.73. The van der Waals surface area contributed by atoms with Crippen molar-refractivity contribution in [1.29, 1.82) is 0 Å². The zero-order valence-electron chi connectivity index (χ0n) is 8.30. The lowest BCUT2D eigenvalue weighted by Crippen LogP contribution is -2.40. The Morgan fingerprint density at radius 2 is 2.06 bits per heavy atom. The van der Waals surface area contributed by atoms with Gasteiger partial charge in [-0.15, -0.1) is 0 Å². The Kier molecular flexibility index (Phi) is 2.35. The maximum absolute atomic E-state index is 13.0. The first kappa shape index (κ1) is 10.9. The average molecular weight is 243 g/mol. The quantitative estimate of drug-likeness (QED) is 0.734. The van der Waals surface area contributed by atoms with Crippen molar-refractivity contribution < 1.29 is 14.0 Å². The second-order valence-electron chi connectivity index (χ2n) is 3.66. The van der Waals surface area contributed by atoms with Gasteiger partial charge in [-0.1, -0.05) is 17.7 Å². The minimum Gasteiger partial charge on any atom is -0.320 e. The number of benzene rings is 1. The molecule has 0 saturated carbocycles. The van der Waals surface area contributed by atoms with Crippen molar-refractivity contribution >= 4 is 23.5 Å². The molecule has 1 atom stereocenters. The van der Waals surface area contributed by atoms with Crippen molar-refractivity contribution in [3.05, 3.63) is 34.6 Å². The summed E-state index contributed by atoms with van der Waals surface area (Å²) in [5.74, 6) is -1.06. The summed E-state index contributed by atoms with van der Waals surface area (Å²) < 4.78 is 13.0. The van der Waals surface area contributed by atoms with Crippen LogP contribution in [0.4, 0.5) is 9.18 Å². The topological polar surface area (TPSA) is 58.2 Å². The largest absolute Gasteiger partial charge is 0.322 e. The van der Waals surface area contributed by atoms with Crippen LogP contribution >= 0.6 is 11.6 Å². The van der Waals surface area contributed by atoms with Crippen LogP contribution in [-0.2, 0) is 10.3 Å². The van der Waals surface area contributed by atoms with Crippen molar-refractivity contribution in [2.45, 2.75) is 12.5 Å².